The van der Waals surface area contributed by atoms with Gasteiger partial charge >= 0.3 is 0 Å². The molecule has 0 spiro atoms. The van der Waals surface area contributed by atoms with Gasteiger partial charge in [-0.3, -0.25) is 0 Å². The zero-order valence-electron chi connectivity index (χ0n) is 10.2. The molecule has 3 nitrogen and oxygen atoms in total. The van der Waals surface area contributed by atoms with E-state index >= 15 is 0 Å². The summed E-state index contributed by atoms with van der Waals surface area (Å²) in [6, 6.07) is 2.46. The minimum atomic E-state index is 0.560. The maximum Gasteiger partial charge on any atom is 0.140 e. The molecule has 1 aromatic heterocycles. The van der Waals surface area contributed by atoms with Crippen molar-refractivity contribution in [2.45, 2.75) is 45.1 Å². The highest BCUT2D eigenvalue weighted by molar-refractivity contribution is 9.10. The van der Waals surface area contributed by atoms with Crippen LogP contribution in [0.2, 0.25) is 0 Å². The summed E-state index contributed by atoms with van der Waals surface area (Å²) in [5, 5.41) is 3.51. The first-order chi connectivity index (χ1) is 8.19. The number of hydrogen-bond acceptors (Lipinski definition) is 3. The Labute approximate surface area is 111 Å². The second kappa shape index (κ2) is 5.71. The third-order valence-electron chi connectivity index (χ3n) is 3.63. The minimum absolute atomic E-state index is 0.560. The number of nitrogens with one attached hydrogen (secondary N) is 1. The molecular formula is C13H20BrN3. The smallest absolute Gasteiger partial charge is 0.140 e. The van der Waals surface area contributed by atoms with Gasteiger partial charge in [-0.2, -0.15) is 0 Å². The summed E-state index contributed by atoms with van der Waals surface area (Å²) < 4.78 is 0.954. The van der Waals surface area contributed by atoms with Gasteiger partial charge in [-0.15, -0.1) is 0 Å². The zero-order chi connectivity index (χ0) is 12.3. The number of rotatable bonds is 3. The highest BCUT2D eigenvalue weighted by atomic mass is 79.9. The van der Waals surface area contributed by atoms with Gasteiger partial charge in [0.15, 0.2) is 0 Å². The average molecular weight is 298 g/mol. The molecule has 94 valence electrons. The van der Waals surface area contributed by atoms with Crippen LogP contribution in [0.5, 0.6) is 0 Å². The third-order valence-corrected chi connectivity index (χ3v) is 4.23. The Morgan fingerprint density at radius 2 is 2.12 bits per heavy atom. The fraction of sp³-hybridized carbons (Fsp3) is 0.615. The number of halogens is 1. The molecule has 0 aromatic carbocycles. The fourth-order valence-electron chi connectivity index (χ4n) is 2.47. The van der Waals surface area contributed by atoms with Gasteiger partial charge in [0.1, 0.15) is 5.82 Å². The van der Waals surface area contributed by atoms with Gasteiger partial charge in [-0.05, 0) is 53.6 Å². The summed E-state index contributed by atoms with van der Waals surface area (Å²) in [7, 11) is 0. The molecule has 1 aliphatic carbocycles. The predicted molar refractivity (Wildman–Crippen MR) is 76.0 cm³/mol. The molecule has 17 heavy (non-hydrogen) atoms. The lowest BCUT2D eigenvalue weighted by Crippen LogP contribution is -2.26. The SMILES string of the molecule is CCC1CCC(Nc2ncc(N)cc2Br)CC1. The number of nitrogens with zero attached hydrogens (tertiary/aromatic N) is 1. The van der Waals surface area contributed by atoms with Crippen LogP contribution >= 0.6 is 15.9 Å². The lowest BCUT2D eigenvalue weighted by atomic mass is 9.84. The molecule has 1 saturated carbocycles. The molecule has 3 N–H and O–H groups in total. The van der Waals surface area contributed by atoms with Gasteiger partial charge in [0.2, 0.25) is 0 Å². The number of anilines is 2. The van der Waals surface area contributed by atoms with Crippen molar-refractivity contribution in [3.8, 4) is 0 Å². The van der Waals surface area contributed by atoms with Crippen LogP contribution in [0.1, 0.15) is 39.0 Å². The molecule has 0 saturated heterocycles. The van der Waals surface area contributed by atoms with Crippen molar-refractivity contribution in [2.75, 3.05) is 11.1 Å². The zero-order valence-corrected chi connectivity index (χ0v) is 11.8. The molecule has 4 heteroatoms. The second-order valence-electron chi connectivity index (χ2n) is 4.87. The molecule has 0 unspecified atom stereocenters. The van der Waals surface area contributed by atoms with E-state index in [2.05, 4.69) is 33.2 Å². The van der Waals surface area contributed by atoms with E-state index in [1.54, 1.807) is 6.20 Å². The largest absolute Gasteiger partial charge is 0.397 e. The standard InChI is InChI=1S/C13H20BrN3/c1-2-9-3-5-11(6-4-9)17-13-12(14)7-10(15)8-16-13/h7-9,11H,2-6,15H2,1H3,(H,16,17). The van der Waals surface area contributed by atoms with Gasteiger partial charge in [-0.1, -0.05) is 13.3 Å². The van der Waals surface area contributed by atoms with Crippen molar-refractivity contribution < 1.29 is 0 Å². The number of nitrogens with two attached hydrogens (primary N) is 1. The van der Waals surface area contributed by atoms with E-state index in [4.69, 9.17) is 5.73 Å². The molecule has 1 aliphatic rings. The predicted octanol–water partition coefficient (Wildman–Crippen LogP) is 3.81. The van der Waals surface area contributed by atoms with Gasteiger partial charge in [0.05, 0.1) is 16.4 Å². The molecule has 0 amide bonds. The molecular weight excluding hydrogens is 278 g/mol. The number of nitrogen functional groups attached to an aromatic ring is 1. The van der Waals surface area contributed by atoms with Gasteiger partial charge in [-0.25, -0.2) is 4.98 Å². The van der Waals surface area contributed by atoms with Crippen LogP contribution in [0.15, 0.2) is 16.7 Å². The first kappa shape index (κ1) is 12.7. The maximum atomic E-state index is 5.68. The van der Waals surface area contributed by atoms with Gasteiger partial charge < -0.3 is 11.1 Å². The molecule has 1 heterocycles. The summed E-state index contributed by atoms with van der Waals surface area (Å²) in [6.07, 6.45) is 8.18. The summed E-state index contributed by atoms with van der Waals surface area (Å²) in [5.74, 6) is 1.84. The van der Waals surface area contributed by atoms with Crippen LogP contribution in [0.25, 0.3) is 0 Å². The van der Waals surface area contributed by atoms with E-state index < -0.39 is 0 Å². The highest BCUT2D eigenvalue weighted by Gasteiger charge is 2.20. The van der Waals surface area contributed by atoms with Crippen molar-refractivity contribution in [2.24, 2.45) is 5.92 Å². The molecule has 0 radical (unpaired) electrons. The Hall–Kier alpha value is -0.770. The van der Waals surface area contributed by atoms with Gasteiger partial charge in [0, 0.05) is 6.04 Å². The van der Waals surface area contributed by atoms with Crippen LogP contribution in [0.4, 0.5) is 11.5 Å². The third kappa shape index (κ3) is 3.35. The topological polar surface area (TPSA) is 50.9 Å². The minimum Gasteiger partial charge on any atom is -0.397 e. The van der Waals surface area contributed by atoms with Crippen LogP contribution < -0.4 is 11.1 Å². The average Bonchev–Trinajstić information content (AvgIpc) is 2.34. The fourth-order valence-corrected chi connectivity index (χ4v) is 2.95. The van der Waals surface area contributed by atoms with Crippen LogP contribution in [0, 0.1) is 5.92 Å². The Morgan fingerprint density at radius 3 is 2.71 bits per heavy atom. The maximum absolute atomic E-state index is 5.68. The highest BCUT2D eigenvalue weighted by Crippen LogP contribution is 2.30. The molecule has 1 fully saturated rings. The van der Waals surface area contributed by atoms with Crippen LogP contribution in [-0.2, 0) is 0 Å². The van der Waals surface area contributed by atoms with E-state index in [9.17, 15) is 0 Å². The quantitative estimate of drug-likeness (QED) is 0.892. The monoisotopic (exact) mass is 297 g/mol. The number of aromatic nitrogens is 1. The van der Waals surface area contributed by atoms with Crippen molar-refractivity contribution in [1.29, 1.82) is 0 Å². The molecule has 1 aromatic rings. The molecule has 0 atom stereocenters. The van der Waals surface area contributed by atoms with E-state index in [1.807, 2.05) is 6.07 Å². The van der Waals surface area contributed by atoms with Crippen LogP contribution in [0.3, 0.4) is 0 Å². The first-order valence-corrected chi connectivity index (χ1v) is 7.16. The first-order valence-electron chi connectivity index (χ1n) is 6.36. The summed E-state index contributed by atoms with van der Waals surface area (Å²) in [4.78, 5) is 4.33. The van der Waals surface area contributed by atoms with E-state index in [1.165, 1.54) is 32.1 Å². The molecule has 0 bridgehead atoms. The Balaban J connectivity index is 1.93. The number of hydrogen-bond donors (Lipinski definition) is 2. The Kier molecular flexibility index (Phi) is 4.26. The Bertz CT molecular complexity index is 373. The van der Waals surface area contributed by atoms with E-state index in [0.29, 0.717) is 11.7 Å². The Morgan fingerprint density at radius 1 is 1.41 bits per heavy atom. The molecule has 2 rings (SSSR count). The summed E-state index contributed by atoms with van der Waals surface area (Å²) in [6.45, 7) is 2.29. The van der Waals surface area contributed by atoms with Crippen molar-refractivity contribution in [3.63, 3.8) is 0 Å². The van der Waals surface area contributed by atoms with E-state index in [-0.39, 0.29) is 0 Å². The van der Waals surface area contributed by atoms with Crippen LogP contribution in [-0.4, -0.2) is 11.0 Å². The summed E-state index contributed by atoms with van der Waals surface area (Å²) in [5.41, 5.74) is 6.37. The lowest BCUT2D eigenvalue weighted by molar-refractivity contribution is 0.330. The normalized spacial score (nSPS) is 24.6. The van der Waals surface area contributed by atoms with Crippen molar-refractivity contribution >= 4 is 27.4 Å². The second-order valence-corrected chi connectivity index (χ2v) is 5.72. The van der Waals surface area contributed by atoms with E-state index in [0.717, 1.165) is 16.2 Å². The molecule has 0 aliphatic heterocycles. The van der Waals surface area contributed by atoms with Gasteiger partial charge in [0.25, 0.3) is 0 Å². The summed E-state index contributed by atoms with van der Waals surface area (Å²) >= 11 is 3.49. The van der Waals surface area contributed by atoms with Crippen molar-refractivity contribution in [1.82, 2.24) is 4.98 Å². The lowest BCUT2D eigenvalue weighted by Gasteiger charge is -2.29. The number of pyridine rings is 1. The van der Waals surface area contributed by atoms with Crippen molar-refractivity contribution in [3.05, 3.63) is 16.7 Å².